The highest BCUT2D eigenvalue weighted by atomic mass is 32.2. The number of nitrogens with zero attached hydrogens (tertiary/aromatic N) is 4. The number of likely N-dealkylation sites (N-methyl/N-ethyl adjacent to an activating group) is 1. The highest BCUT2D eigenvalue weighted by Gasteiger charge is 2.22. The first-order valence-electron chi connectivity index (χ1n) is 6.68. The lowest BCUT2D eigenvalue weighted by molar-refractivity contribution is -0.133. The molecule has 0 spiro atoms. The number of aryl methyl sites for hydroxylation is 1. The van der Waals surface area contributed by atoms with Crippen molar-refractivity contribution in [2.45, 2.75) is 31.7 Å². The SMILES string of the molecule is CCN1CCOC(Cn2c(C)nnc2SCC(=O)O)C1. The molecule has 2 heterocycles. The smallest absolute Gasteiger partial charge is 0.313 e. The van der Waals surface area contributed by atoms with Gasteiger partial charge in [0.15, 0.2) is 5.16 Å². The molecule has 1 unspecified atom stereocenters. The molecule has 0 radical (unpaired) electrons. The van der Waals surface area contributed by atoms with Gasteiger partial charge in [-0.05, 0) is 13.5 Å². The molecular weight excluding hydrogens is 280 g/mol. The number of carboxylic acids is 1. The quantitative estimate of drug-likeness (QED) is 0.765. The van der Waals surface area contributed by atoms with Crippen LogP contribution < -0.4 is 0 Å². The normalized spacial score (nSPS) is 20.2. The Labute approximate surface area is 122 Å². The highest BCUT2D eigenvalue weighted by Crippen LogP contribution is 2.18. The lowest BCUT2D eigenvalue weighted by atomic mass is 10.2. The molecule has 8 heteroatoms. The average Bonchev–Trinajstić information content (AvgIpc) is 2.78. The van der Waals surface area contributed by atoms with Crippen molar-refractivity contribution >= 4 is 17.7 Å². The molecule has 0 saturated carbocycles. The van der Waals surface area contributed by atoms with E-state index in [2.05, 4.69) is 22.0 Å². The van der Waals surface area contributed by atoms with Crippen molar-refractivity contribution in [3.05, 3.63) is 5.82 Å². The summed E-state index contributed by atoms with van der Waals surface area (Å²) in [6.45, 7) is 8.28. The third-order valence-corrected chi connectivity index (χ3v) is 4.23. The van der Waals surface area contributed by atoms with E-state index in [-0.39, 0.29) is 11.9 Å². The van der Waals surface area contributed by atoms with E-state index in [0.717, 1.165) is 32.1 Å². The number of hydrogen-bond donors (Lipinski definition) is 1. The molecule has 1 N–H and O–H groups in total. The number of aromatic nitrogens is 3. The number of thioether (sulfide) groups is 1. The lowest BCUT2D eigenvalue weighted by Crippen LogP contribution is -2.44. The Morgan fingerprint density at radius 1 is 1.55 bits per heavy atom. The molecule has 1 aliphatic heterocycles. The summed E-state index contributed by atoms with van der Waals surface area (Å²) in [5.41, 5.74) is 0. The maximum absolute atomic E-state index is 10.7. The largest absolute Gasteiger partial charge is 0.481 e. The van der Waals surface area contributed by atoms with E-state index in [0.29, 0.717) is 11.7 Å². The molecule has 7 nitrogen and oxygen atoms in total. The van der Waals surface area contributed by atoms with Crippen LogP contribution in [0.4, 0.5) is 0 Å². The van der Waals surface area contributed by atoms with Gasteiger partial charge in [0.1, 0.15) is 5.82 Å². The second-order valence-corrected chi connectivity index (χ2v) is 5.65. The summed E-state index contributed by atoms with van der Waals surface area (Å²) < 4.78 is 7.72. The summed E-state index contributed by atoms with van der Waals surface area (Å²) in [4.78, 5) is 13.0. The molecule has 0 bridgehead atoms. The van der Waals surface area contributed by atoms with Crippen LogP contribution in [0.25, 0.3) is 0 Å². The van der Waals surface area contributed by atoms with Gasteiger partial charge < -0.3 is 14.4 Å². The molecule has 112 valence electrons. The van der Waals surface area contributed by atoms with Gasteiger partial charge >= 0.3 is 5.97 Å². The summed E-state index contributed by atoms with van der Waals surface area (Å²) in [5, 5.41) is 17.5. The molecule has 1 atom stereocenters. The fraction of sp³-hybridized carbons (Fsp3) is 0.750. The van der Waals surface area contributed by atoms with Gasteiger partial charge in [0.05, 0.1) is 25.0 Å². The number of hydrogen-bond acceptors (Lipinski definition) is 6. The van der Waals surface area contributed by atoms with Crippen molar-refractivity contribution in [3.8, 4) is 0 Å². The third-order valence-electron chi connectivity index (χ3n) is 3.28. The summed E-state index contributed by atoms with van der Waals surface area (Å²) >= 11 is 1.19. The Morgan fingerprint density at radius 3 is 3.05 bits per heavy atom. The average molecular weight is 300 g/mol. The molecule has 1 fully saturated rings. The van der Waals surface area contributed by atoms with Gasteiger partial charge in [0, 0.05) is 13.1 Å². The van der Waals surface area contributed by atoms with Crippen molar-refractivity contribution in [1.29, 1.82) is 0 Å². The van der Waals surface area contributed by atoms with E-state index in [4.69, 9.17) is 9.84 Å². The second-order valence-electron chi connectivity index (χ2n) is 4.71. The van der Waals surface area contributed by atoms with E-state index in [9.17, 15) is 4.79 Å². The number of carboxylic acid groups (broad SMARTS) is 1. The molecule has 0 amide bonds. The zero-order chi connectivity index (χ0) is 14.5. The van der Waals surface area contributed by atoms with Crippen molar-refractivity contribution in [2.75, 3.05) is 32.0 Å². The molecular formula is C12H20N4O3S. The number of carbonyl (C=O) groups is 1. The first-order valence-corrected chi connectivity index (χ1v) is 7.67. The number of morpholine rings is 1. The monoisotopic (exact) mass is 300 g/mol. The summed E-state index contributed by atoms with van der Waals surface area (Å²) in [7, 11) is 0. The van der Waals surface area contributed by atoms with E-state index in [1.165, 1.54) is 11.8 Å². The van der Waals surface area contributed by atoms with Gasteiger partial charge in [0.25, 0.3) is 0 Å². The third kappa shape index (κ3) is 3.94. The fourth-order valence-electron chi connectivity index (χ4n) is 2.19. The van der Waals surface area contributed by atoms with Gasteiger partial charge in [-0.1, -0.05) is 18.7 Å². The van der Waals surface area contributed by atoms with Gasteiger partial charge in [-0.2, -0.15) is 0 Å². The van der Waals surface area contributed by atoms with Crippen LogP contribution in [0.3, 0.4) is 0 Å². The minimum absolute atomic E-state index is 0.00918. The molecule has 1 aliphatic rings. The minimum atomic E-state index is -0.853. The van der Waals surface area contributed by atoms with Gasteiger partial charge in [-0.3, -0.25) is 9.69 Å². The Bertz CT molecular complexity index is 466. The van der Waals surface area contributed by atoms with E-state index in [1.54, 1.807) is 0 Å². The highest BCUT2D eigenvalue weighted by molar-refractivity contribution is 7.99. The van der Waals surface area contributed by atoms with Crippen molar-refractivity contribution in [1.82, 2.24) is 19.7 Å². The zero-order valence-corrected chi connectivity index (χ0v) is 12.6. The Morgan fingerprint density at radius 2 is 2.35 bits per heavy atom. The van der Waals surface area contributed by atoms with Crippen molar-refractivity contribution in [2.24, 2.45) is 0 Å². The van der Waals surface area contributed by atoms with Crippen LogP contribution in [0.2, 0.25) is 0 Å². The van der Waals surface area contributed by atoms with Crippen LogP contribution >= 0.6 is 11.8 Å². The molecule has 1 aromatic heterocycles. The minimum Gasteiger partial charge on any atom is -0.481 e. The lowest BCUT2D eigenvalue weighted by Gasteiger charge is -2.32. The maximum atomic E-state index is 10.7. The van der Waals surface area contributed by atoms with E-state index < -0.39 is 5.97 Å². The van der Waals surface area contributed by atoms with E-state index in [1.807, 2.05) is 11.5 Å². The predicted molar refractivity (Wildman–Crippen MR) is 75.0 cm³/mol. The molecule has 0 aromatic carbocycles. The standard InChI is InChI=1S/C12H20N4O3S/c1-3-15-4-5-19-10(6-15)7-16-9(2)13-14-12(16)20-8-11(17)18/h10H,3-8H2,1-2H3,(H,17,18). The van der Waals surface area contributed by atoms with Gasteiger partial charge in [-0.25, -0.2) is 0 Å². The van der Waals surface area contributed by atoms with Crippen LogP contribution in [-0.4, -0.2) is 68.8 Å². The first-order chi connectivity index (χ1) is 9.60. The van der Waals surface area contributed by atoms with Gasteiger partial charge in [0.2, 0.25) is 0 Å². The maximum Gasteiger partial charge on any atom is 0.313 e. The summed E-state index contributed by atoms with van der Waals surface area (Å²) in [6.07, 6.45) is 0.0996. The van der Waals surface area contributed by atoms with Crippen molar-refractivity contribution < 1.29 is 14.6 Å². The Balaban J connectivity index is 2.00. The summed E-state index contributed by atoms with van der Waals surface area (Å²) in [5.74, 6) is -0.0755. The first kappa shape index (κ1) is 15.3. The topological polar surface area (TPSA) is 80.5 Å². The molecule has 0 aliphatic carbocycles. The number of ether oxygens (including phenoxy) is 1. The Kier molecular flexibility index (Phi) is 5.38. The predicted octanol–water partition coefficient (Wildman–Crippen LogP) is 0.484. The Hall–Kier alpha value is -1.12. The fourth-order valence-corrected chi connectivity index (χ4v) is 2.90. The van der Waals surface area contributed by atoms with E-state index >= 15 is 0 Å². The molecule has 1 saturated heterocycles. The van der Waals surface area contributed by atoms with Crippen LogP contribution in [0.15, 0.2) is 5.16 Å². The molecule has 2 rings (SSSR count). The van der Waals surface area contributed by atoms with Crippen LogP contribution in [0.5, 0.6) is 0 Å². The summed E-state index contributed by atoms with van der Waals surface area (Å²) in [6, 6.07) is 0. The van der Waals surface area contributed by atoms with Crippen LogP contribution in [-0.2, 0) is 16.1 Å². The molecule has 1 aromatic rings. The van der Waals surface area contributed by atoms with Crippen LogP contribution in [0, 0.1) is 6.92 Å². The van der Waals surface area contributed by atoms with Gasteiger partial charge in [-0.15, -0.1) is 10.2 Å². The van der Waals surface area contributed by atoms with Crippen molar-refractivity contribution in [3.63, 3.8) is 0 Å². The number of rotatable bonds is 6. The van der Waals surface area contributed by atoms with Crippen LogP contribution in [0.1, 0.15) is 12.7 Å². The second kappa shape index (κ2) is 7.05. The number of aliphatic carboxylic acids is 1. The zero-order valence-electron chi connectivity index (χ0n) is 11.8. The molecule has 20 heavy (non-hydrogen) atoms.